The molecule has 3 aliphatic rings. The van der Waals surface area contributed by atoms with Crippen molar-refractivity contribution in [2.45, 2.75) is 19.3 Å². The van der Waals surface area contributed by atoms with Gasteiger partial charge < -0.3 is 14.4 Å². The summed E-state index contributed by atoms with van der Waals surface area (Å²) in [6.07, 6.45) is 0. The van der Waals surface area contributed by atoms with Gasteiger partial charge in [-0.1, -0.05) is 111 Å². The van der Waals surface area contributed by atoms with Gasteiger partial charge in [0.05, 0.1) is 22.4 Å². The van der Waals surface area contributed by atoms with Gasteiger partial charge in [-0.3, -0.25) is 4.57 Å². The molecule has 1 aliphatic carbocycles. The maximum absolute atomic E-state index is 6.63. The van der Waals surface area contributed by atoms with Crippen LogP contribution in [0.2, 0.25) is 0 Å². The SMILES string of the molecule is CC1(C)c2ccccc2-c2ccc(N(c3ccccc3-c3ccccc3)c3ccc4c5c3c3cccc6c3n5-c3c(cccc3O4)O6)cc21. The standard InChI is InChI=1S/C45H30N2O2/c1-45(2)33-17-8-6-15-30(33)31-23-22-28(26-34(31)45)46(35-18-9-7-14-29(35)27-12-4-3-5-13-27)36-24-25-40-44-41(36)32-16-10-19-37-42(32)47(44)43-38(48-37)20-11-21-39(43)49-40/h3-26H,1-2H3. The number of aromatic nitrogens is 1. The molecule has 0 atom stereocenters. The van der Waals surface area contributed by atoms with Gasteiger partial charge in [-0.25, -0.2) is 0 Å². The fourth-order valence-corrected chi connectivity index (χ4v) is 8.58. The zero-order valence-corrected chi connectivity index (χ0v) is 27.1. The summed E-state index contributed by atoms with van der Waals surface area (Å²) in [6, 6.07) is 52.1. The Morgan fingerprint density at radius 3 is 2.02 bits per heavy atom. The van der Waals surface area contributed by atoms with Gasteiger partial charge >= 0.3 is 0 Å². The molecular formula is C45H30N2O2. The molecule has 8 aromatic rings. The zero-order chi connectivity index (χ0) is 32.4. The van der Waals surface area contributed by atoms with Crippen molar-refractivity contribution in [3.8, 4) is 50.9 Å². The number of hydrogen-bond donors (Lipinski definition) is 0. The molecule has 2 aliphatic heterocycles. The molecule has 7 aromatic carbocycles. The molecule has 0 radical (unpaired) electrons. The van der Waals surface area contributed by atoms with E-state index in [-0.39, 0.29) is 5.41 Å². The van der Waals surface area contributed by atoms with Crippen molar-refractivity contribution in [2.75, 3.05) is 4.90 Å². The number of anilines is 3. The van der Waals surface area contributed by atoms with Crippen LogP contribution in [-0.4, -0.2) is 4.57 Å². The Balaban J connectivity index is 1.25. The predicted octanol–water partition coefficient (Wildman–Crippen LogP) is 12.4. The molecule has 0 unspecified atom stereocenters. The molecule has 4 nitrogen and oxygen atoms in total. The number of benzene rings is 7. The third-order valence-corrected chi connectivity index (χ3v) is 10.8. The van der Waals surface area contributed by atoms with Crippen LogP contribution in [0.5, 0.6) is 23.0 Å². The quantitative estimate of drug-likeness (QED) is 0.194. The Hall–Kier alpha value is -6.26. The fraction of sp³-hybridized carbons (Fsp3) is 0.0667. The first-order valence-electron chi connectivity index (χ1n) is 16.9. The summed E-state index contributed by atoms with van der Waals surface area (Å²) >= 11 is 0. The average molecular weight is 631 g/mol. The first kappa shape index (κ1) is 26.8. The highest BCUT2D eigenvalue weighted by Gasteiger charge is 2.37. The summed E-state index contributed by atoms with van der Waals surface area (Å²) in [5, 5.41) is 2.26. The van der Waals surface area contributed by atoms with Crippen LogP contribution in [0.3, 0.4) is 0 Å². The average Bonchev–Trinajstić information content (AvgIpc) is 3.61. The van der Waals surface area contributed by atoms with Crippen molar-refractivity contribution < 1.29 is 9.47 Å². The van der Waals surface area contributed by atoms with Gasteiger partial charge in [0, 0.05) is 27.4 Å². The topological polar surface area (TPSA) is 26.6 Å². The Morgan fingerprint density at radius 1 is 0.510 bits per heavy atom. The molecule has 0 N–H and O–H groups in total. The molecule has 4 heteroatoms. The van der Waals surface area contributed by atoms with Crippen molar-refractivity contribution in [3.05, 3.63) is 157 Å². The summed E-state index contributed by atoms with van der Waals surface area (Å²) in [6.45, 7) is 4.69. The highest BCUT2D eigenvalue weighted by Crippen LogP contribution is 2.57. The smallest absolute Gasteiger partial charge is 0.155 e. The second-order valence-corrected chi connectivity index (χ2v) is 13.7. The molecule has 0 saturated carbocycles. The lowest BCUT2D eigenvalue weighted by Crippen LogP contribution is -2.17. The molecule has 49 heavy (non-hydrogen) atoms. The summed E-state index contributed by atoms with van der Waals surface area (Å²) < 4.78 is 15.5. The zero-order valence-electron chi connectivity index (χ0n) is 27.1. The second kappa shape index (κ2) is 9.42. The number of fused-ring (bicyclic) bond motifs is 4. The largest absolute Gasteiger partial charge is 0.453 e. The van der Waals surface area contributed by atoms with E-state index in [1.54, 1.807) is 0 Å². The second-order valence-electron chi connectivity index (χ2n) is 13.7. The van der Waals surface area contributed by atoms with Crippen molar-refractivity contribution >= 4 is 38.9 Å². The van der Waals surface area contributed by atoms with Crippen LogP contribution in [0.15, 0.2) is 146 Å². The maximum atomic E-state index is 6.63. The summed E-state index contributed by atoms with van der Waals surface area (Å²) in [5.74, 6) is 3.30. The van der Waals surface area contributed by atoms with E-state index in [0.717, 1.165) is 73.1 Å². The molecule has 3 heterocycles. The van der Waals surface area contributed by atoms with Gasteiger partial charge in [-0.15, -0.1) is 0 Å². The van der Waals surface area contributed by atoms with Crippen LogP contribution in [-0.2, 0) is 5.41 Å². The minimum atomic E-state index is -0.137. The number of ether oxygens (including phenoxy) is 2. The molecule has 0 fully saturated rings. The molecule has 0 amide bonds. The molecule has 0 bridgehead atoms. The van der Waals surface area contributed by atoms with E-state index in [0.29, 0.717) is 0 Å². The number of para-hydroxylation sites is 3. The van der Waals surface area contributed by atoms with Gasteiger partial charge in [0.2, 0.25) is 0 Å². The third kappa shape index (κ3) is 3.47. The third-order valence-electron chi connectivity index (χ3n) is 10.8. The number of nitrogens with zero attached hydrogens (tertiary/aromatic N) is 2. The monoisotopic (exact) mass is 630 g/mol. The summed E-state index contributed by atoms with van der Waals surface area (Å²) in [7, 11) is 0. The normalized spacial score (nSPS) is 14.0. The van der Waals surface area contributed by atoms with Crippen LogP contribution >= 0.6 is 0 Å². The number of hydrogen-bond acceptors (Lipinski definition) is 3. The van der Waals surface area contributed by atoms with E-state index in [1.807, 2.05) is 18.2 Å². The molecule has 0 spiro atoms. The van der Waals surface area contributed by atoms with Crippen LogP contribution in [0.1, 0.15) is 25.0 Å². The van der Waals surface area contributed by atoms with Crippen molar-refractivity contribution in [3.63, 3.8) is 0 Å². The molecule has 0 saturated heterocycles. The fourth-order valence-electron chi connectivity index (χ4n) is 8.58. The minimum absolute atomic E-state index is 0.137. The van der Waals surface area contributed by atoms with Gasteiger partial charge in [-0.2, -0.15) is 0 Å². The van der Waals surface area contributed by atoms with Gasteiger partial charge in [0.1, 0.15) is 5.69 Å². The van der Waals surface area contributed by atoms with Crippen LogP contribution < -0.4 is 14.4 Å². The van der Waals surface area contributed by atoms with Crippen molar-refractivity contribution in [1.82, 2.24) is 4.57 Å². The van der Waals surface area contributed by atoms with E-state index in [2.05, 4.69) is 151 Å². The lowest BCUT2D eigenvalue weighted by molar-refractivity contribution is 0.444. The van der Waals surface area contributed by atoms with Gasteiger partial charge in [0.15, 0.2) is 23.0 Å². The molecule has 232 valence electrons. The van der Waals surface area contributed by atoms with Gasteiger partial charge in [-0.05, 0) is 76.3 Å². The van der Waals surface area contributed by atoms with Crippen LogP contribution in [0.25, 0.3) is 49.7 Å². The van der Waals surface area contributed by atoms with Crippen LogP contribution in [0.4, 0.5) is 17.1 Å². The van der Waals surface area contributed by atoms with Crippen molar-refractivity contribution in [1.29, 1.82) is 0 Å². The lowest BCUT2D eigenvalue weighted by atomic mass is 9.82. The first-order chi connectivity index (χ1) is 24.1. The molecule has 11 rings (SSSR count). The minimum Gasteiger partial charge on any atom is -0.453 e. The Morgan fingerprint density at radius 2 is 1.18 bits per heavy atom. The Kier molecular flexibility index (Phi) is 5.15. The van der Waals surface area contributed by atoms with E-state index in [9.17, 15) is 0 Å². The number of rotatable bonds is 4. The first-order valence-corrected chi connectivity index (χ1v) is 16.9. The van der Waals surface area contributed by atoms with E-state index >= 15 is 0 Å². The van der Waals surface area contributed by atoms with Crippen molar-refractivity contribution in [2.24, 2.45) is 0 Å². The Labute approximate surface area is 284 Å². The summed E-state index contributed by atoms with van der Waals surface area (Å²) in [5.41, 5.74) is 13.9. The van der Waals surface area contributed by atoms with E-state index in [4.69, 9.17) is 9.47 Å². The van der Waals surface area contributed by atoms with E-state index < -0.39 is 0 Å². The maximum Gasteiger partial charge on any atom is 0.155 e. The Bertz CT molecular complexity index is 2690. The van der Waals surface area contributed by atoms with Crippen LogP contribution in [0, 0.1) is 0 Å². The predicted molar refractivity (Wildman–Crippen MR) is 199 cm³/mol. The summed E-state index contributed by atoms with van der Waals surface area (Å²) in [4.78, 5) is 2.46. The lowest BCUT2D eigenvalue weighted by Gasteiger charge is -2.31. The highest BCUT2D eigenvalue weighted by molar-refractivity contribution is 6.21. The van der Waals surface area contributed by atoms with Gasteiger partial charge in [0.25, 0.3) is 0 Å². The highest BCUT2D eigenvalue weighted by atomic mass is 16.5. The molecule has 1 aromatic heterocycles. The van der Waals surface area contributed by atoms with E-state index in [1.165, 1.54) is 27.8 Å². The molecular weight excluding hydrogens is 601 g/mol.